The van der Waals surface area contributed by atoms with Crippen molar-refractivity contribution in [3.05, 3.63) is 53.8 Å². The molecule has 1 unspecified atom stereocenters. The molecule has 3 heterocycles. The van der Waals surface area contributed by atoms with Gasteiger partial charge >= 0.3 is 0 Å². The van der Waals surface area contributed by atoms with Crippen LogP contribution >= 0.6 is 11.3 Å². The van der Waals surface area contributed by atoms with Gasteiger partial charge in [0, 0.05) is 12.0 Å². The molecule has 0 aliphatic carbocycles. The molecule has 4 aromatic rings. The monoisotopic (exact) mass is 450 g/mol. The zero-order valence-corrected chi connectivity index (χ0v) is 19.1. The second kappa shape index (κ2) is 8.92. The van der Waals surface area contributed by atoms with Crippen LogP contribution in [0.4, 0.5) is 5.13 Å². The number of para-hydroxylation sites is 2. The van der Waals surface area contributed by atoms with Crippen molar-refractivity contribution in [2.45, 2.75) is 39.2 Å². The third kappa shape index (κ3) is 3.87. The first-order valence-corrected chi connectivity index (χ1v) is 12.0. The lowest BCUT2D eigenvalue weighted by atomic mass is 10.1. The molecular weight excluding hydrogens is 424 g/mol. The Morgan fingerprint density at radius 3 is 2.91 bits per heavy atom. The van der Waals surface area contributed by atoms with Crippen LogP contribution in [0.5, 0.6) is 5.75 Å². The first kappa shape index (κ1) is 21.0. The first-order valence-electron chi connectivity index (χ1n) is 11.1. The number of carbonyl (C=O) groups excluding carboxylic acids is 1. The Morgan fingerprint density at radius 1 is 1.25 bits per heavy atom. The fourth-order valence-electron chi connectivity index (χ4n) is 4.18. The summed E-state index contributed by atoms with van der Waals surface area (Å²) < 4.78 is 18.6. The highest BCUT2D eigenvalue weighted by atomic mass is 32.1. The van der Waals surface area contributed by atoms with Crippen molar-refractivity contribution < 1.29 is 18.7 Å². The van der Waals surface area contributed by atoms with Crippen LogP contribution < -0.4 is 9.64 Å². The van der Waals surface area contributed by atoms with Crippen molar-refractivity contribution in [1.29, 1.82) is 0 Å². The molecule has 5 rings (SSSR count). The fourth-order valence-corrected chi connectivity index (χ4v) is 5.20. The van der Waals surface area contributed by atoms with E-state index >= 15 is 0 Å². The maximum Gasteiger partial charge on any atom is 0.295 e. The van der Waals surface area contributed by atoms with E-state index in [1.165, 1.54) is 16.9 Å². The lowest BCUT2D eigenvalue weighted by Gasteiger charge is -2.22. The third-order valence-corrected chi connectivity index (χ3v) is 6.82. The predicted octanol–water partition coefficient (Wildman–Crippen LogP) is 5.83. The summed E-state index contributed by atoms with van der Waals surface area (Å²) in [7, 11) is 0. The predicted molar refractivity (Wildman–Crippen MR) is 127 cm³/mol. The van der Waals surface area contributed by atoms with E-state index in [0.29, 0.717) is 29.6 Å². The van der Waals surface area contributed by atoms with E-state index in [1.807, 2.05) is 31.2 Å². The van der Waals surface area contributed by atoms with Gasteiger partial charge in [0.25, 0.3) is 5.91 Å². The van der Waals surface area contributed by atoms with Gasteiger partial charge in [0.15, 0.2) is 22.2 Å². The van der Waals surface area contributed by atoms with E-state index in [2.05, 4.69) is 19.1 Å². The standard InChI is InChI=1S/C25H26N2O4S/c1-3-16-8-6-12-21-22(16)26-25(32-21)27(15-18-10-7-13-30-18)24(28)20-14-17-9-5-11-19(29-4-2)23(17)31-20/h5-6,8-9,11-12,14,18H,3-4,7,10,13,15H2,1-2H3. The number of hydrogen-bond acceptors (Lipinski definition) is 6. The molecular formula is C25H26N2O4S. The molecule has 0 spiro atoms. The summed E-state index contributed by atoms with van der Waals surface area (Å²) in [6.07, 6.45) is 2.84. The summed E-state index contributed by atoms with van der Waals surface area (Å²) in [5.74, 6) is 0.707. The molecule has 1 fully saturated rings. The van der Waals surface area contributed by atoms with Crippen molar-refractivity contribution in [3.8, 4) is 5.75 Å². The van der Waals surface area contributed by atoms with Gasteiger partial charge in [-0.05, 0) is 49.9 Å². The van der Waals surface area contributed by atoms with Gasteiger partial charge in [-0.25, -0.2) is 4.98 Å². The maximum absolute atomic E-state index is 13.7. The minimum atomic E-state index is -0.212. The summed E-state index contributed by atoms with van der Waals surface area (Å²) in [5, 5.41) is 1.51. The number of aromatic nitrogens is 1. The van der Waals surface area contributed by atoms with Crippen molar-refractivity contribution in [1.82, 2.24) is 4.98 Å². The molecule has 32 heavy (non-hydrogen) atoms. The van der Waals surface area contributed by atoms with Gasteiger partial charge in [0.2, 0.25) is 0 Å². The molecule has 0 saturated carbocycles. The Balaban J connectivity index is 1.55. The highest BCUT2D eigenvalue weighted by Crippen LogP contribution is 2.34. The number of rotatable bonds is 7. The summed E-state index contributed by atoms with van der Waals surface area (Å²) >= 11 is 1.53. The number of anilines is 1. The fraction of sp³-hybridized carbons (Fsp3) is 0.360. The molecule has 0 bridgehead atoms. The summed E-state index contributed by atoms with van der Waals surface area (Å²) in [5.41, 5.74) is 2.73. The lowest BCUT2D eigenvalue weighted by Crippen LogP contribution is -2.37. The SMILES string of the molecule is CCOc1cccc2cc(C(=O)N(CC3CCCO3)c3nc4c(CC)cccc4s3)oc12. The van der Waals surface area contributed by atoms with E-state index in [4.69, 9.17) is 18.9 Å². The van der Waals surface area contributed by atoms with Gasteiger partial charge in [-0.2, -0.15) is 0 Å². The van der Waals surface area contributed by atoms with Crippen molar-refractivity contribution in [2.75, 3.05) is 24.7 Å². The van der Waals surface area contributed by atoms with Crippen LogP contribution in [0.2, 0.25) is 0 Å². The molecule has 7 heteroatoms. The summed E-state index contributed by atoms with van der Waals surface area (Å²) in [6.45, 7) is 5.76. The highest BCUT2D eigenvalue weighted by molar-refractivity contribution is 7.22. The van der Waals surface area contributed by atoms with Crippen LogP contribution in [-0.2, 0) is 11.2 Å². The van der Waals surface area contributed by atoms with Gasteiger partial charge in [0.05, 0.1) is 29.5 Å². The quantitative estimate of drug-likeness (QED) is 0.354. The van der Waals surface area contributed by atoms with Crippen LogP contribution in [0, 0.1) is 0 Å². The Hall–Kier alpha value is -2.90. The number of thiazole rings is 1. The highest BCUT2D eigenvalue weighted by Gasteiger charge is 2.29. The van der Waals surface area contributed by atoms with Crippen LogP contribution in [0.25, 0.3) is 21.2 Å². The topological polar surface area (TPSA) is 64.8 Å². The number of furan rings is 1. The molecule has 166 valence electrons. The number of amides is 1. The Bertz CT molecular complexity index is 1260. The Labute approximate surface area is 190 Å². The Kier molecular flexibility index (Phi) is 5.85. The van der Waals surface area contributed by atoms with E-state index in [9.17, 15) is 4.79 Å². The molecule has 2 aromatic heterocycles. The molecule has 6 nitrogen and oxygen atoms in total. The zero-order valence-electron chi connectivity index (χ0n) is 18.3. The van der Waals surface area contributed by atoms with E-state index in [0.717, 1.165) is 41.5 Å². The normalized spacial score (nSPS) is 16.1. The van der Waals surface area contributed by atoms with Crippen LogP contribution in [0.15, 0.2) is 46.9 Å². The first-order chi connectivity index (χ1) is 15.7. The van der Waals surface area contributed by atoms with E-state index in [-0.39, 0.29) is 17.8 Å². The number of benzene rings is 2. The van der Waals surface area contributed by atoms with Gasteiger partial charge < -0.3 is 13.9 Å². The Morgan fingerprint density at radius 2 is 2.12 bits per heavy atom. The zero-order chi connectivity index (χ0) is 22.1. The number of nitrogens with zero attached hydrogens (tertiary/aromatic N) is 2. The van der Waals surface area contributed by atoms with Gasteiger partial charge in [-0.1, -0.05) is 42.5 Å². The van der Waals surface area contributed by atoms with Crippen LogP contribution in [0.3, 0.4) is 0 Å². The molecule has 1 saturated heterocycles. The number of carbonyl (C=O) groups is 1. The van der Waals surface area contributed by atoms with E-state index in [1.54, 1.807) is 11.0 Å². The molecule has 2 aromatic carbocycles. The van der Waals surface area contributed by atoms with Gasteiger partial charge in [-0.3, -0.25) is 9.69 Å². The van der Waals surface area contributed by atoms with Crippen LogP contribution in [0.1, 0.15) is 42.8 Å². The van der Waals surface area contributed by atoms with E-state index < -0.39 is 0 Å². The number of fused-ring (bicyclic) bond motifs is 2. The molecule has 1 amide bonds. The third-order valence-electron chi connectivity index (χ3n) is 5.78. The van der Waals surface area contributed by atoms with Crippen molar-refractivity contribution in [2.24, 2.45) is 0 Å². The molecule has 1 aliphatic rings. The minimum Gasteiger partial charge on any atom is -0.490 e. The minimum absolute atomic E-state index is 0.0000261. The maximum atomic E-state index is 13.7. The molecule has 1 atom stereocenters. The second-order valence-corrected chi connectivity index (χ2v) is 8.89. The van der Waals surface area contributed by atoms with Gasteiger partial charge in [-0.15, -0.1) is 0 Å². The molecule has 0 N–H and O–H groups in total. The number of hydrogen-bond donors (Lipinski definition) is 0. The lowest BCUT2D eigenvalue weighted by molar-refractivity contribution is 0.0896. The average molecular weight is 451 g/mol. The van der Waals surface area contributed by atoms with Crippen molar-refractivity contribution in [3.63, 3.8) is 0 Å². The largest absolute Gasteiger partial charge is 0.490 e. The van der Waals surface area contributed by atoms with Crippen molar-refractivity contribution >= 4 is 43.6 Å². The summed E-state index contributed by atoms with van der Waals surface area (Å²) in [6, 6.07) is 13.7. The second-order valence-electron chi connectivity index (χ2n) is 7.88. The number of aryl methyl sites for hydroxylation is 1. The average Bonchev–Trinajstić information content (AvgIpc) is 3.56. The molecule has 1 aliphatic heterocycles. The molecule has 0 radical (unpaired) electrons. The smallest absolute Gasteiger partial charge is 0.295 e. The summed E-state index contributed by atoms with van der Waals surface area (Å²) in [4.78, 5) is 20.3. The van der Waals surface area contributed by atoms with Crippen LogP contribution in [-0.4, -0.2) is 36.8 Å². The number of ether oxygens (including phenoxy) is 2. The van der Waals surface area contributed by atoms with Gasteiger partial charge in [0.1, 0.15) is 0 Å².